The van der Waals surface area contributed by atoms with Crippen LogP contribution in [0.4, 0.5) is 0 Å². The smallest absolute Gasteiger partial charge is 0.225 e. The van der Waals surface area contributed by atoms with E-state index < -0.39 is 0 Å². The van der Waals surface area contributed by atoms with Crippen molar-refractivity contribution < 1.29 is 14.3 Å². The summed E-state index contributed by atoms with van der Waals surface area (Å²) < 4.78 is 11.4. The minimum absolute atomic E-state index is 0.109. The molecule has 5 nitrogen and oxygen atoms in total. The Morgan fingerprint density at radius 2 is 1.93 bits per heavy atom. The molecular formula is C23H26Cl2N2O3. The van der Waals surface area contributed by atoms with Crippen molar-refractivity contribution in [2.24, 2.45) is 11.8 Å². The molecule has 0 bridgehead atoms. The first kappa shape index (κ1) is 21.3. The molecule has 0 radical (unpaired) electrons. The number of carbonyl (C=O) groups excluding carboxylic acids is 1. The van der Waals surface area contributed by atoms with E-state index in [0.29, 0.717) is 34.1 Å². The second kappa shape index (κ2) is 9.46. The summed E-state index contributed by atoms with van der Waals surface area (Å²) in [6.07, 6.45) is 2.51. The molecule has 2 aromatic rings. The van der Waals surface area contributed by atoms with Crippen molar-refractivity contribution in [3.05, 3.63) is 57.6 Å². The minimum atomic E-state index is 0.109. The van der Waals surface area contributed by atoms with Gasteiger partial charge >= 0.3 is 0 Å². The molecule has 7 heteroatoms. The molecule has 1 aliphatic heterocycles. The molecule has 0 aromatic heterocycles. The second-order valence-corrected chi connectivity index (χ2v) is 8.93. The Kier molecular flexibility index (Phi) is 6.71. The van der Waals surface area contributed by atoms with E-state index in [1.54, 1.807) is 19.2 Å². The van der Waals surface area contributed by atoms with Crippen LogP contribution in [0.2, 0.25) is 10.0 Å². The first-order chi connectivity index (χ1) is 14.5. The molecule has 2 fully saturated rings. The van der Waals surface area contributed by atoms with E-state index >= 15 is 0 Å². The highest BCUT2D eigenvalue weighted by molar-refractivity contribution is 6.35. The van der Waals surface area contributed by atoms with Crippen LogP contribution < -0.4 is 14.8 Å². The minimum Gasteiger partial charge on any atom is -0.493 e. The SMILES string of the molecule is COc1cc(CN2CC(C(=O)NCC3CC3)C2)ccc1OCc1ccc(Cl)cc1Cl. The van der Waals surface area contributed by atoms with Gasteiger partial charge in [-0.15, -0.1) is 0 Å². The second-order valence-electron chi connectivity index (χ2n) is 8.09. The monoisotopic (exact) mass is 448 g/mol. The lowest BCUT2D eigenvalue weighted by Crippen LogP contribution is -2.53. The van der Waals surface area contributed by atoms with Gasteiger partial charge in [0.25, 0.3) is 0 Å². The molecule has 1 saturated carbocycles. The molecule has 2 aromatic carbocycles. The zero-order valence-corrected chi connectivity index (χ0v) is 18.5. The summed E-state index contributed by atoms with van der Waals surface area (Å²) in [6, 6.07) is 11.3. The van der Waals surface area contributed by atoms with Crippen LogP contribution in [0.15, 0.2) is 36.4 Å². The number of nitrogens with zero attached hydrogens (tertiary/aromatic N) is 1. The van der Waals surface area contributed by atoms with Gasteiger partial charge in [-0.3, -0.25) is 9.69 Å². The summed E-state index contributed by atoms with van der Waals surface area (Å²) in [7, 11) is 1.63. The lowest BCUT2D eigenvalue weighted by atomic mass is 9.98. The van der Waals surface area contributed by atoms with Gasteiger partial charge in [0.15, 0.2) is 11.5 Å². The highest BCUT2D eigenvalue weighted by Crippen LogP contribution is 2.32. The molecule has 1 heterocycles. The number of benzene rings is 2. The van der Waals surface area contributed by atoms with Crippen molar-refractivity contribution in [3.63, 3.8) is 0 Å². The molecule has 30 heavy (non-hydrogen) atoms. The van der Waals surface area contributed by atoms with Crippen LogP contribution in [-0.4, -0.2) is 37.6 Å². The van der Waals surface area contributed by atoms with Gasteiger partial charge in [-0.05, 0) is 48.6 Å². The van der Waals surface area contributed by atoms with Crippen molar-refractivity contribution in [3.8, 4) is 11.5 Å². The fourth-order valence-electron chi connectivity index (χ4n) is 3.56. The van der Waals surface area contributed by atoms with E-state index in [2.05, 4.69) is 10.2 Å². The molecule has 0 atom stereocenters. The van der Waals surface area contributed by atoms with Crippen LogP contribution in [0, 0.1) is 11.8 Å². The number of carbonyl (C=O) groups is 1. The first-order valence-electron chi connectivity index (χ1n) is 10.3. The Hall–Kier alpha value is -1.95. The number of methoxy groups -OCH3 is 1. The fraction of sp³-hybridized carbons (Fsp3) is 0.435. The van der Waals surface area contributed by atoms with Crippen molar-refractivity contribution in [1.82, 2.24) is 10.2 Å². The Bertz CT molecular complexity index is 911. The topological polar surface area (TPSA) is 50.8 Å². The summed E-state index contributed by atoms with van der Waals surface area (Å²) in [4.78, 5) is 14.4. The molecule has 0 spiro atoms. The van der Waals surface area contributed by atoms with Crippen molar-refractivity contribution >= 4 is 29.1 Å². The van der Waals surface area contributed by atoms with Gasteiger partial charge < -0.3 is 14.8 Å². The van der Waals surface area contributed by atoms with Crippen LogP contribution in [0.25, 0.3) is 0 Å². The predicted molar refractivity (Wildman–Crippen MR) is 118 cm³/mol. The highest BCUT2D eigenvalue weighted by Gasteiger charge is 2.33. The normalized spacial score (nSPS) is 16.8. The largest absolute Gasteiger partial charge is 0.493 e. The van der Waals surface area contributed by atoms with E-state index in [1.807, 2.05) is 24.3 Å². The number of likely N-dealkylation sites (tertiary alicyclic amines) is 1. The third-order valence-corrected chi connectivity index (χ3v) is 6.21. The third-order valence-electron chi connectivity index (χ3n) is 5.62. The Morgan fingerprint density at radius 1 is 1.13 bits per heavy atom. The maximum absolute atomic E-state index is 12.1. The maximum atomic E-state index is 12.1. The maximum Gasteiger partial charge on any atom is 0.225 e. The van der Waals surface area contributed by atoms with Gasteiger partial charge in [0.1, 0.15) is 6.61 Å². The Balaban J connectivity index is 1.28. The summed E-state index contributed by atoms with van der Waals surface area (Å²) in [5.41, 5.74) is 1.99. The first-order valence-corrected chi connectivity index (χ1v) is 11.0. The summed E-state index contributed by atoms with van der Waals surface area (Å²) in [5, 5.41) is 4.24. The molecule has 1 N–H and O–H groups in total. The summed E-state index contributed by atoms with van der Waals surface area (Å²) in [6.45, 7) is 3.55. The van der Waals surface area contributed by atoms with E-state index in [1.165, 1.54) is 12.8 Å². The van der Waals surface area contributed by atoms with Gasteiger partial charge in [0.05, 0.1) is 13.0 Å². The number of ether oxygens (including phenoxy) is 2. The average Bonchev–Trinajstić information content (AvgIpc) is 3.53. The molecule has 0 unspecified atom stereocenters. The molecule has 1 saturated heterocycles. The number of rotatable bonds is 9. The predicted octanol–water partition coefficient (Wildman–Crippen LogP) is 4.54. The molecule has 1 amide bonds. The Labute approximate surface area is 187 Å². The quantitative estimate of drug-likeness (QED) is 0.611. The highest BCUT2D eigenvalue weighted by atomic mass is 35.5. The number of halogens is 2. The molecule has 160 valence electrons. The van der Waals surface area contributed by atoms with E-state index in [9.17, 15) is 4.79 Å². The standard InChI is InChI=1S/C23H26Cl2N2O3/c1-29-22-8-16(11-27-12-18(13-27)23(28)26-10-15-2-3-15)4-7-21(22)30-14-17-5-6-19(24)9-20(17)25/h4-9,15,18H,2-3,10-14H2,1H3,(H,26,28). The van der Waals surface area contributed by atoms with Gasteiger partial charge in [-0.1, -0.05) is 35.3 Å². The van der Waals surface area contributed by atoms with Crippen LogP contribution in [-0.2, 0) is 17.9 Å². The van der Waals surface area contributed by atoms with Crippen molar-refractivity contribution in [2.45, 2.75) is 26.0 Å². The van der Waals surface area contributed by atoms with Gasteiger partial charge in [0, 0.05) is 41.8 Å². The van der Waals surface area contributed by atoms with Crippen LogP contribution in [0.3, 0.4) is 0 Å². The number of hydrogen-bond donors (Lipinski definition) is 1. The zero-order valence-electron chi connectivity index (χ0n) is 17.0. The summed E-state index contributed by atoms with van der Waals surface area (Å²) in [5.74, 6) is 2.36. The third kappa shape index (κ3) is 5.39. The van der Waals surface area contributed by atoms with Gasteiger partial charge in [0.2, 0.25) is 5.91 Å². The molecule has 2 aliphatic rings. The van der Waals surface area contributed by atoms with Crippen molar-refractivity contribution in [2.75, 3.05) is 26.7 Å². The van der Waals surface area contributed by atoms with E-state index in [0.717, 1.165) is 37.3 Å². The molecular weight excluding hydrogens is 423 g/mol. The van der Waals surface area contributed by atoms with Gasteiger partial charge in [-0.2, -0.15) is 0 Å². The van der Waals surface area contributed by atoms with E-state index in [4.69, 9.17) is 32.7 Å². The Morgan fingerprint density at radius 3 is 2.63 bits per heavy atom. The lowest BCUT2D eigenvalue weighted by molar-refractivity contribution is -0.130. The van der Waals surface area contributed by atoms with Crippen LogP contribution >= 0.6 is 23.2 Å². The number of hydrogen-bond acceptors (Lipinski definition) is 4. The molecule has 4 rings (SSSR count). The number of nitrogens with one attached hydrogen (secondary N) is 1. The number of amides is 1. The molecule has 1 aliphatic carbocycles. The average molecular weight is 449 g/mol. The van der Waals surface area contributed by atoms with Gasteiger partial charge in [-0.25, -0.2) is 0 Å². The van der Waals surface area contributed by atoms with Crippen LogP contribution in [0.5, 0.6) is 11.5 Å². The van der Waals surface area contributed by atoms with Crippen LogP contribution in [0.1, 0.15) is 24.0 Å². The lowest BCUT2D eigenvalue weighted by Gasteiger charge is -2.38. The zero-order chi connectivity index (χ0) is 21.1. The van der Waals surface area contributed by atoms with E-state index in [-0.39, 0.29) is 11.8 Å². The fourth-order valence-corrected chi connectivity index (χ4v) is 4.02. The van der Waals surface area contributed by atoms with Crippen molar-refractivity contribution in [1.29, 1.82) is 0 Å². The summed E-state index contributed by atoms with van der Waals surface area (Å²) >= 11 is 12.2.